The van der Waals surface area contributed by atoms with Gasteiger partial charge in [0.1, 0.15) is 6.04 Å². The molecule has 0 bridgehead atoms. The maximum Gasteiger partial charge on any atom is 0.326 e. The molecule has 0 unspecified atom stereocenters. The highest BCUT2D eigenvalue weighted by atomic mass is 35.5. The molecule has 1 heterocycles. The molecule has 2 rings (SSSR count). The largest absolute Gasteiger partial charge is 0.480 e. The summed E-state index contributed by atoms with van der Waals surface area (Å²) < 4.78 is 0. The van der Waals surface area contributed by atoms with E-state index in [0.29, 0.717) is 22.6 Å². The number of amides is 2. The standard InChI is InChI=1S/C16H19ClN2O4/c1-9-3-5-11(17)7-12(9)15(21)19-8-10(14(20)18-2)4-6-13(19)16(22)23/h3,5,7,10,13H,4,6,8H2,1-2H3,(H,18,20)(H,22,23)/t10-,13-/m0/s1. The minimum atomic E-state index is -1.06. The molecule has 2 atom stereocenters. The molecule has 0 aromatic heterocycles. The molecular weight excluding hydrogens is 320 g/mol. The summed E-state index contributed by atoms with van der Waals surface area (Å²) in [6.07, 6.45) is 0.688. The third-order valence-corrected chi connectivity index (χ3v) is 4.41. The van der Waals surface area contributed by atoms with E-state index in [9.17, 15) is 19.5 Å². The summed E-state index contributed by atoms with van der Waals surface area (Å²) in [5.41, 5.74) is 1.08. The number of nitrogens with one attached hydrogen (secondary N) is 1. The summed E-state index contributed by atoms with van der Waals surface area (Å²) in [6, 6.07) is 3.99. The van der Waals surface area contributed by atoms with Gasteiger partial charge >= 0.3 is 5.97 Å². The summed E-state index contributed by atoms with van der Waals surface area (Å²) in [5.74, 6) is -2.06. The number of nitrogens with zero attached hydrogens (tertiary/aromatic N) is 1. The number of hydrogen-bond donors (Lipinski definition) is 2. The number of likely N-dealkylation sites (tertiary alicyclic amines) is 1. The van der Waals surface area contributed by atoms with E-state index < -0.39 is 23.8 Å². The van der Waals surface area contributed by atoms with Crippen molar-refractivity contribution in [2.45, 2.75) is 25.8 Å². The fourth-order valence-electron chi connectivity index (χ4n) is 2.85. The van der Waals surface area contributed by atoms with Crippen molar-refractivity contribution in [1.82, 2.24) is 10.2 Å². The highest BCUT2D eigenvalue weighted by molar-refractivity contribution is 6.31. The first kappa shape index (κ1) is 17.3. The Bertz CT molecular complexity index is 647. The molecule has 1 fully saturated rings. The number of aryl methyl sites for hydroxylation is 1. The first-order valence-corrected chi connectivity index (χ1v) is 7.74. The topological polar surface area (TPSA) is 86.7 Å². The van der Waals surface area contributed by atoms with E-state index in [1.807, 2.05) is 0 Å². The third kappa shape index (κ3) is 3.64. The summed E-state index contributed by atoms with van der Waals surface area (Å²) in [6.45, 7) is 1.85. The van der Waals surface area contributed by atoms with Crippen molar-refractivity contribution in [2.75, 3.05) is 13.6 Å². The molecule has 1 saturated heterocycles. The van der Waals surface area contributed by atoms with Gasteiger partial charge in [-0.15, -0.1) is 0 Å². The molecule has 7 heteroatoms. The number of hydrogen-bond acceptors (Lipinski definition) is 3. The Morgan fingerprint density at radius 1 is 1.30 bits per heavy atom. The number of benzene rings is 1. The molecule has 1 aliphatic rings. The van der Waals surface area contributed by atoms with Crippen LogP contribution in [0.4, 0.5) is 0 Å². The van der Waals surface area contributed by atoms with E-state index in [2.05, 4.69) is 5.32 Å². The quantitative estimate of drug-likeness (QED) is 0.878. The van der Waals surface area contributed by atoms with Crippen LogP contribution in [0.25, 0.3) is 0 Å². The van der Waals surface area contributed by atoms with Crippen LogP contribution in [-0.4, -0.2) is 47.4 Å². The van der Waals surface area contributed by atoms with Crippen molar-refractivity contribution in [2.24, 2.45) is 5.92 Å². The molecule has 23 heavy (non-hydrogen) atoms. The lowest BCUT2D eigenvalue weighted by Gasteiger charge is -2.37. The molecule has 0 aliphatic carbocycles. The minimum Gasteiger partial charge on any atom is -0.480 e. The van der Waals surface area contributed by atoms with Gasteiger partial charge in [0.05, 0.1) is 5.92 Å². The summed E-state index contributed by atoms with van der Waals surface area (Å²) in [5, 5.41) is 12.4. The summed E-state index contributed by atoms with van der Waals surface area (Å²) in [7, 11) is 1.53. The Kier molecular flexibility index (Phi) is 5.26. The third-order valence-electron chi connectivity index (χ3n) is 4.18. The van der Waals surface area contributed by atoms with E-state index in [1.54, 1.807) is 19.1 Å². The highest BCUT2D eigenvalue weighted by Gasteiger charge is 2.38. The molecule has 1 aliphatic heterocycles. The van der Waals surface area contributed by atoms with Crippen molar-refractivity contribution in [3.05, 3.63) is 34.3 Å². The van der Waals surface area contributed by atoms with Crippen LogP contribution in [0.3, 0.4) is 0 Å². The first-order chi connectivity index (χ1) is 10.8. The molecule has 1 aromatic rings. The van der Waals surface area contributed by atoms with Crippen LogP contribution in [0.5, 0.6) is 0 Å². The minimum absolute atomic E-state index is 0.0847. The van der Waals surface area contributed by atoms with E-state index in [4.69, 9.17) is 11.6 Å². The van der Waals surface area contributed by atoms with Crippen molar-refractivity contribution >= 4 is 29.4 Å². The molecule has 0 spiro atoms. The fourth-order valence-corrected chi connectivity index (χ4v) is 3.02. The Morgan fingerprint density at radius 2 is 2.00 bits per heavy atom. The predicted octanol–water partition coefficient (Wildman–Crippen LogP) is 1.70. The van der Waals surface area contributed by atoms with Gasteiger partial charge in [-0.3, -0.25) is 9.59 Å². The van der Waals surface area contributed by atoms with Crippen LogP contribution in [-0.2, 0) is 9.59 Å². The lowest BCUT2D eigenvalue weighted by Crippen LogP contribution is -2.53. The number of piperidine rings is 1. The molecule has 2 N–H and O–H groups in total. The van der Waals surface area contributed by atoms with Gasteiger partial charge in [-0.1, -0.05) is 17.7 Å². The van der Waals surface area contributed by atoms with E-state index in [-0.39, 0.29) is 18.9 Å². The second kappa shape index (κ2) is 7.00. The normalized spacial score (nSPS) is 20.9. The zero-order valence-electron chi connectivity index (χ0n) is 13.0. The van der Waals surface area contributed by atoms with Crippen molar-refractivity contribution < 1.29 is 19.5 Å². The molecule has 0 saturated carbocycles. The van der Waals surface area contributed by atoms with Crippen LogP contribution in [0.15, 0.2) is 18.2 Å². The summed E-state index contributed by atoms with van der Waals surface area (Å²) in [4.78, 5) is 37.4. The van der Waals surface area contributed by atoms with Crippen LogP contribution in [0, 0.1) is 12.8 Å². The number of halogens is 1. The lowest BCUT2D eigenvalue weighted by atomic mass is 9.91. The molecular formula is C16H19ClN2O4. The monoisotopic (exact) mass is 338 g/mol. The van der Waals surface area contributed by atoms with Gasteiger partial charge in [0.15, 0.2) is 0 Å². The Hall–Kier alpha value is -2.08. The van der Waals surface area contributed by atoms with Gasteiger partial charge in [-0.25, -0.2) is 4.79 Å². The van der Waals surface area contributed by atoms with Crippen LogP contribution in [0.2, 0.25) is 5.02 Å². The van der Waals surface area contributed by atoms with Crippen LogP contribution in [0.1, 0.15) is 28.8 Å². The van der Waals surface area contributed by atoms with Crippen molar-refractivity contribution in [1.29, 1.82) is 0 Å². The van der Waals surface area contributed by atoms with E-state index in [1.165, 1.54) is 18.0 Å². The number of aliphatic carboxylic acids is 1. The highest BCUT2D eigenvalue weighted by Crippen LogP contribution is 2.26. The van der Waals surface area contributed by atoms with Gasteiger partial charge in [-0.05, 0) is 37.5 Å². The average molecular weight is 339 g/mol. The lowest BCUT2D eigenvalue weighted by molar-refractivity contribution is -0.145. The van der Waals surface area contributed by atoms with Crippen LogP contribution >= 0.6 is 11.6 Å². The second-order valence-electron chi connectivity index (χ2n) is 5.66. The molecule has 6 nitrogen and oxygen atoms in total. The first-order valence-electron chi connectivity index (χ1n) is 7.36. The molecule has 1 aromatic carbocycles. The Morgan fingerprint density at radius 3 is 2.61 bits per heavy atom. The number of carboxylic acids is 1. The molecule has 124 valence electrons. The van der Waals surface area contributed by atoms with Crippen LogP contribution < -0.4 is 5.32 Å². The predicted molar refractivity (Wildman–Crippen MR) is 85.4 cm³/mol. The molecule has 2 amide bonds. The average Bonchev–Trinajstić information content (AvgIpc) is 2.54. The van der Waals surface area contributed by atoms with Gasteiger partial charge < -0.3 is 15.3 Å². The van der Waals surface area contributed by atoms with Crippen molar-refractivity contribution in [3.63, 3.8) is 0 Å². The number of carbonyl (C=O) groups excluding carboxylic acids is 2. The summed E-state index contributed by atoms with van der Waals surface area (Å²) >= 11 is 5.95. The van der Waals surface area contributed by atoms with Gasteiger partial charge in [0.2, 0.25) is 5.91 Å². The molecule has 0 radical (unpaired) electrons. The zero-order chi connectivity index (χ0) is 17.1. The SMILES string of the molecule is CNC(=O)[C@H]1CC[C@@H](C(=O)O)N(C(=O)c2cc(Cl)ccc2C)C1. The maximum atomic E-state index is 12.8. The zero-order valence-corrected chi connectivity index (χ0v) is 13.8. The van der Waals surface area contributed by atoms with Gasteiger partial charge in [0.25, 0.3) is 5.91 Å². The van der Waals surface area contributed by atoms with E-state index >= 15 is 0 Å². The van der Waals surface area contributed by atoms with Gasteiger partial charge in [0, 0.05) is 24.2 Å². The maximum absolute atomic E-state index is 12.8. The smallest absolute Gasteiger partial charge is 0.326 e. The Balaban J connectivity index is 2.33. The number of carboxylic acid groups (broad SMARTS) is 1. The Labute approximate surface area is 139 Å². The second-order valence-corrected chi connectivity index (χ2v) is 6.10. The number of carbonyl (C=O) groups is 3. The van der Waals surface area contributed by atoms with Gasteiger partial charge in [-0.2, -0.15) is 0 Å². The van der Waals surface area contributed by atoms with E-state index in [0.717, 1.165) is 0 Å². The number of rotatable bonds is 3. The fraction of sp³-hybridized carbons (Fsp3) is 0.438. The van der Waals surface area contributed by atoms with Crippen molar-refractivity contribution in [3.8, 4) is 0 Å².